The average Bonchev–Trinajstić information content (AvgIpc) is 2.49. The van der Waals surface area contributed by atoms with E-state index in [0.717, 1.165) is 31.7 Å². The number of amides is 1. The quantitative estimate of drug-likeness (QED) is 0.781. The van der Waals surface area contributed by atoms with Gasteiger partial charge in [0.2, 0.25) is 0 Å². The third kappa shape index (κ3) is 4.38. The Morgan fingerprint density at radius 2 is 2.15 bits per heavy atom. The molecule has 0 saturated heterocycles. The lowest BCUT2D eigenvalue weighted by atomic mass is 10.1. The van der Waals surface area contributed by atoms with Crippen LogP contribution in [0.4, 0.5) is 0 Å². The van der Waals surface area contributed by atoms with E-state index < -0.39 is 0 Å². The third-order valence-corrected chi connectivity index (χ3v) is 3.32. The molecule has 1 aromatic rings. The lowest BCUT2D eigenvalue weighted by molar-refractivity contribution is 0.0954. The highest BCUT2D eigenvalue weighted by Gasteiger charge is 2.07. The summed E-state index contributed by atoms with van der Waals surface area (Å²) >= 11 is 0. The van der Waals surface area contributed by atoms with Gasteiger partial charge >= 0.3 is 0 Å². The second kappa shape index (κ2) is 7.70. The molecule has 2 rings (SSSR count). The molecule has 0 aromatic heterocycles. The van der Waals surface area contributed by atoms with Crippen molar-refractivity contribution in [2.75, 3.05) is 26.2 Å². The van der Waals surface area contributed by atoms with E-state index in [4.69, 9.17) is 4.74 Å². The van der Waals surface area contributed by atoms with E-state index in [9.17, 15) is 4.79 Å². The summed E-state index contributed by atoms with van der Waals surface area (Å²) in [7, 11) is 0. The summed E-state index contributed by atoms with van der Waals surface area (Å²) in [5.74, 6) is 0.770. The van der Waals surface area contributed by atoms with Gasteiger partial charge in [0.15, 0.2) is 0 Å². The molecule has 0 unspecified atom stereocenters. The maximum Gasteiger partial charge on any atom is 0.251 e. The summed E-state index contributed by atoms with van der Waals surface area (Å²) in [6.07, 6.45) is 4.23. The molecular weight excluding hydrogens is 252 g/mol. The number of carbonyl (C=O) groups excluding carboxylic acids is 1. The van der Waals surface area contributed by atoms with Gasteiger partial charge in [0.05, 0.1) is 6.61 Å². The number of hydrogen-bond donors (Lipinski definition) is 2. The molecule has 1 aliphatic rings. The highest BCUT2D eigenvalue weighted by atomic mass is 16.5. The highest BCUT2D eigenvalue weighted by Crippen LogP contribution is 2.12. The molecule has 4 heteroatoms. The summed E-state index contributed by atoms with van der Waals surface area (Å²) in [5, 5.41) is 6.24. The minimum Gasteiger partial charge on any atom is -0.494 e. The second-order valence-electron chi connectivity index (χ2n) is 4.78. The van der Waals surface area contributed by atoms with Crippen LogP contribution in [0.2, 0.25) is 0 Å². The number of benzene rings is 1. The van der Waals surface area contributed by atoms with Gasteiger partial charge in [0.1, 0.15) is 5.75 Å². The third-order valence-electron chi connectivity index (χ3n) is 3.32. The van der Waals surface area contributed by atoms with Gasteiger partial charge in [-0.25, -0.2) is 0 Å². The SMILES string of the molecule is CCOc1ccc(C(=O)NCCC2=CCNCC2)cc1. The molecule has 0 atom stereocenters. The van der Waals surface area contributed by atoms with Gasteiger partial charge < -0.3 is 15.4 Å². The molecule has 20 heavy (non-hydrogen) atoms. The molecular formula is C16H22N2O2. The Labute approximate surface area is 120 Å². The molecule has 0 radical (unpaired) electrons. The average molecular weight is 274 g/mol. The fraction of sp³-hybridized carbons (Fsp3) is 0.438. The van der Waals surface area contributed by atoms with Gasteiger partial charge in [-0.05, 0) is 50.6 Å². The molecule has 0 aliphatic carbocycles. The zero-order valence-corrected chi connectivity index (χ0v) is 11.9. The van der Waals surface area contributed by atoms with E-state index in [-0.39, 0.29) is 5.91 Å². The minimum absolute atomic E-state index is 0.0254. The largest absolute Gasteiger partial charge is 0.494 e. The van der Waals surface area contributed by atoms with Crippen LogP contribution in [0.1, 0.15) is 30.1 Å². The summed E-state index contributed by atoms with van der Waals surface area (Å²) in [6, 6.07) is 7.25. The minimum atomic E-state index is -0.0254. The highest BCUT2D eigenvalue weighted by molar-refractivity contribution is 5.94. The molecule has 0 saturated carbocycles. The maximum absolute atomic E-state index is 12.0. The van der Waals surface area contributed by atoms with Crippen molar-refractivity contribution in [3.63, 3.8) is 0 Å². The normalized spacial score (nSPS) is 14.6. The van der Waals surface area contributed by atoms with Gasteiger partial charge in [-0.1, -0.05) is 11.6 Å². The number of nitrogens with one attached hydrogen (secondary N) is 2. The van der Waals surface area contributed by atoms with Crippen LogP contribution in [-0.4, -0.2) is 32.1 Å². The van der Waals surface area contributed by atoms with Crippen LogP contribution in [0.15, 0.2) is 35.9 Å². The van der Waals surface area contributed by atoms with Crippen LogP contribution in [0, 0.1) is 0 Å². The molecule has 1 amide bonds. The summed E-state index contributed by atoms with van der Waals surface area (Å²) < 4.78 is 5.36. The van der Waals surface area contributed by atoms with Crippen LogP contribution >= 0.6 is 0 Å². The fourth-order valence-electron chi connectivity index (χ4n) is 2.20. The Balaban J connectivity index is 1.77. The van der Waals surface area contributed by atoms with Crippen LogP contribution in [-0.2, 0) is 0 Å². The fourth-order valence-corrected chi connectivity index (χ4v) is 2.20. The smallest absolute Gasteiger partial charge is 0.251 e. The molecule has 1 heterocycles. The van der Waals surface area contributed by atoms with Crippen LogP contribution in [0.3, 0.4) is 0 Å². The van der Waals surface area contributed by atoms with Gasteiger partial charge in [-0.2, -0.15) is 0 Å². The second-order valence-corrected chi connectivity index (χ2v) is 4.78. The van der Waals surface area contributed by atoms with Crippen LogP contribution in [0.25, 0.3) is 0 Å². The van der Waals surface area contributed by atoms with Crippen molar-refractivity contribution in [3.8, 4) is 5.75 Å². The van der Waals surface area contributed by atoms with E-state index in [1.165, 1.54) is 5.57 Å². The van der Waals surface area contributed by atoms with Crippen molar-refractivity contribution in [1.29, 1.82) is 0 Å². The van der Waals surface area contributed by atoms with E-state index in [1.807, 2.05) is 19.1 Å². The van der Waals surface area contributed by atoms with Crippen molar-refractivity contribution in [2.24, 2.45) is 0 Å². The zero-order chi connectivity index (χ0) is 14.2. The van der Waals surface area contributed by atoms with Crippen molar-refractivity contribution in [1.82, 2.24) is 10.6 Å². The number of rotatable bonds is 6. The summed E-state index contributed by atoms with van der Waals surface area (Å²) in [6.45, 7) is 5.25. The van der Waals surface area contributed by atoms with Crippen molar-refractivity contribution >= 4 is 5.91 Å². The molecule has 2 N–H and O–H groups in total. The van der Waals surface area contributed by atoms with Gasteiger partial charge in [0, 0.05) is 18.7 Å². The van der Waals surface area contributed by atoms with Crippen molar-refractivity contribution < 1.29 is 9.53 Å². The molecule has 0 bridgehead atoms. The van der Waals surface area contributed by atoms with Gasteiger partial charge in [-0.15, -0.1) is 0 Å². The summed E-state index contributed by atoms with van der Waals surface area (Å²) in [4.78, 5) is 12.0. The summed E-state index contributed by atoms with van der Waals surface area (Å²) in [5.41, 5.74) is 2.10. The van der Waals surface area contributed by atoms with Crippen molar-refractivity contribution in [2.45, 2.75) is 19.8 Å². The molecule has 0 spiro atoms. The Morgan fingerprint density at radius 1 is 1.35 bits per heavy atom. The van der Waals surface area contributed by atoms with E-state index >= 15 is 0 Å². The number of hydrogen-bond acceptors (Lipinski definition) is 3. The first-order valence-electron chi connectivity index (χ1n) is 7.19. The lowest BCUT2D eigenvalue weighted by Gasteiger charge is -2.14. The standard InChI is InChI=1S/C16H22N2O2/c1-2-20-15-5-3-14(4-6-15)16(19)18-12-9-13-7-10-17-11-8-13/h3-7,17H,2,8-12H2,1H3,(H,18,19). The lowest BCUT2D eigenvalue weighted by Crippen LogP contribution is -2.26. The Bertz CT molecular complexity index is 466. The van der Waals surface area contributed by atoms with E-state index in [2.05, 4.69) is 16.7 Å². The molecule has 108 valence electrons. The van der Waals surface area contributed by atoms with Crippen LogP contribution < -0.4 is 15.4 Å². The number of ether oxygens (including phenoxy) is 1. The predicted octanol–water partition coefficient (Wildman–Crippen LogP) is 2.12. The zero-order valence-electron chi connectivity index (χ0n) is 11.9. The van der Waals surface area contributed by atoms with Crippen molar-refractivity contribution in [3.05, 3.63) is 41.5 Å². The first kappa shape index (κ1) is 14.6. The Kier molecular flexibility index (Phi) is 5.62. The molecule has 1 aliphatic heterocycles. The Hall–Kier alpha value is -1.81. The number of carbonyl (C=O) groups is 1. The van der Waals surface area contributed by atoms with E-state index in [0.29, 0.717) is 18.7 Å². The topological polar surface area (TPSA) is 50.4 Å². The predicted molar refractivity (Wildman–Crippen MR) is 80.1 cm³/mol. The monoisotopic (exact) mass is 274 g/mol. The maximum atomic E-state index is 12.0. The molecule has 0 fully saturated rings. The van der Waals surface area contributed by atoms with Gasteiger partial charge in [0.25, 0.3) is 5.91 Å². The molecule has 4 nitrogen and oxygen atoms in total. The first-order chi connectivity index (χ1) is 9.79. The van der Waals surface area contributed by atoms with Crippen LogP contribution in [0.5, 0.6) is 5.75 Å². The van der Waals surface area contributed by atoms with E-state index in [1.54, 1.807) is 12.1 Å². The molecule has 1 aromatic carbocycles. The first-order valence-corrected chi connectivity index (χ1v) is 7.19. The Morgan fingerprint density at radius 3 is 2.80 bits per heavy atom. The van der Waals surface area contributed by atoms with Gasteiger partial charge in [-0.3, -0.25) is 4.79 Å².